The lowest BCUT2D eigenvalue weighted by Crippen LogP contribution is -2.07. The van der Waals surface area contributed by atoms with Crippen LogP contribution in [0, 0.1) is 20.8 Å². The van der Waals surface area contributed by atoms with Gasteiger partial charge >= 0.3 is 0 Å². The summed E-state index contributed by atoms with van der Waals surface area (Å²) in [7, 11) is 0. The first-order chi connectivity index (χ1) is 9.95. The zero-order valence-corrected chi connectivity index (χ0v) is 12.4. The second-order valence-corrected chi connectivity index (χ2v) is 5.70. The van der Waals surface area contributed by atoms with E-state index >= 15 is 0 Å². The number of ketones is 1. The molecule has 0 bridgehead atoms. The number of carbonyl (C=O) groups is 2. The van der Waals surface area contributed by atoms with Crippen molar-refractivity contribution >= 4 is 17.4 Å². The highest BCUT2D eigenvalue weighted by Crippen LogP contribution is 2.26. The van der Waals surface area contributed by atoms with E-state index in [2.05, 4.69) is 5.32 Å². The maximum atomic E-state index is 12.8. The summed E-state index contributed by atoms with van der Waals surface area (Å²) >= 11 is 0. The third-order valence-corrected chi connectivity index (χ3v) is 3.90. The standard InChI is InChI=1S/C18H17NO2/c1-10-6-11(2)17(12(3)7-10)18(21)13-4-5-15-14(8-13)9-16(20)19-15/h4-8H,9H2,1-3H3,(H,19,20). The Bertz CT molecular complexity index is 752. The van der Waals surface area contributed by atoms with Gasteiger partial charge in [-0.25, -0.2) is 0 Å². The van der Waals surface area contributed by atoms with Crippen LogP contribution in [0.3, 0.4) is 0 Å². The molecule has 0 aromatic heterocycles. The molecule has 3 nitrogen and oxygen atoms in total. The summed E-state index contributed by atoms with van der Waals surface area (Å²) in [6, 6.07) is 9.48. The van der Waals surface area contributed by atoms with Gasteiger partial charge in [-0.1, -0.05) is 17.7 Å². The molecular weight excluding hydrogens is 262 g/mol. The van der Waals surface area contributed by atoms with E-state index in [4.69, 9.17) is 0 Å². The van der Waals surface area contributed by atoms with E-state index < -0.39 is 0 Å². The van der Waals surface area contributed by atoms with Crippen LogP contribution >= 0.6 is 0 Å². The largest absolute Gasteiger partial charge is 0.326 e. The van der Waals surface area contributed by atoms with E-state index in [1.165, 1.54) is 0 Å². The molecule has 2 aromatic rings. The van der Waals surface area contributed by atoms with Crippen molar-refractivity contribution in [3.63, 3.8) is 0 Å². The Labute approximate surface area is 124 Å². The molecular formula is C18H17NO2. The van der Waals surface area contributed by atoms with Crippen LogP contribution in [0.1, 0.15) is 38.2 Å². The molecule has 3 heteroatoms. The molecule has 1 N–H and O–H groups in total. The first-order valence-corrected chi connectivity index (χ1v) is 7.01. The van der Waals surface area contributed by atoms with E-state index in [0.29, 0.717) is 12.0 Å². The molecule has 0 aliphatic carbocycles. The highest BCUT2D eigenvalue weighted by Gasteiger charge is 2.21. The molecule has 0 spiro atoms. The number of hydrogen-bond acceptors (Lipinski definition) is 2. The normalized spacial score (nSPS) is 13.0. The minimum absolute atomic E-state index is 0.0164. The first-order valence-electron chi connectivity index (χ1n) is 7.01. The summed E-state index contributed by atoms with van der Waals surface area (Å²) in [6.07, 6.45) is 0.350. The fraction of sp³-hybridized carbons (Fsp3) is 0.222. The highest BCUT2D eigenvalue weighted by molar-refractivity contribution is 6.12. The van der Waals surface area contributed by atoms with Crippen molar-refractivity contribution in [1.29, 1.82) is 0 Å². The van der Waals surface area contributed by atoms with Crippen molar-refractivity contribution in [2.75, 3.05) is 5.32 Å². The van der Waals surface area contributed by atoms with Gasteiger partial charge in [0.25, 0.3) is 0 Å². The summed E-state index contributed by atoms with van der Waals surface area (Å²) in [5.74, 6) is 0.00412. The van der Waals surface area contributed by atoms with Crippen molar-refractivity contribution in [2.24, 2.45) is 0 Å². The molecule has 0 saturated heterocycles. The third-order valence-electron chi connectivity index (χ3n) is 3.90. The van der Waals surface area contributed by atoms with Crippen LogP contribution < -0.4 is 5.32 Å². The number of nitrogens with one attached hydrogen (secondary N) is 1. The third kappa shape index (κ3) is 2.35. The number of aryl methyl sites for hydroxylation is 3. The second-order valence-electron chi connectivity index (χ2n) is 5.70. The van der Waals surface area contributed by atoms with Crippen LogP contribution in [-0.4, -0.2) is 11.7 Å². The fourth-order valence-electron chi connectivity index (χ4n) is 3.05. The predicted molar refractivity (Wildman–Crippen MR) is 82.9 cm³/mol. The van der Waals surface area contributed by atoms with Crippen LogP contribution in [0.25, 0.3) is 0 Å². The van der Waals surface area contributed by atoms with Gasteiger partial charge in [-0.15, -0.1) is 0 Å². The van der Waals surface area contributed by atoms with Crippen molar-refractivity contribution in [3.8, 4) is 0 Å². The molecule has 2 aromatic carbocycles. The Morgan fingerprint density at radius 1 is 1.05 bits per heavy atom. The van der Waals surface area contributed by atoms with Gasteiger partial charge in [0.05, 0.1) is 6.42 Å². The Kier molecular flexibility index (Phi) is 3.13. The lowest BCUT2D eigenvalue weighted by atomic mass is 9.92. The molecule has 0 radical (unpaired) electrons. The highest BCUT2D eigenvalue weighted by atomic mass is 16.1. The zero-order valence-electron chi connectivity index (χ0n) is 12.4. The van der Waals surface area contributed by atoms with Crippen molar-refractivity contribution in [1.82, 2.24) is 0 Å². The maximum Gasteiger partial charge on any atom is 0.228 e. The molecule has 0 saturated carbocycles. The van der Waals surface area contributed by atoms with Gasteiger partial charge in [-0.2, -0.15) is 0 Å². The quantitative estimate of drug-likeness (QED) is 0.857. The van der Waals surface area contributed by atoms with Gasteiger partial charge in [0, 0.05) is 16.8 Å². The number of rotatable bonds is 2. The summed E-state index contributed by atoms with van der Waals surface area (Å²) in [6.45, 7) is 5.96. The Hall–Kier alpha value is -2.42. The van der Waals surface area contributed by atoms with E-state index in [0.717, 1.165) is 33.5 Å². The van der Waals surface area contributed by atoms with Crippen molar-refractivity contribution < 1.29 is 9.59 Å². The molecule has 1 aliphatic heterocycles. The van der Waals surface area contributed by atoms with Gasteiger partial charge in [-0.3, -0.25) is 9.59 Å². The zero-order chi connectivity index (χ0) is 15.1. The van der Waals surface area contributed by atoms with Gasteiger partial charge < -0.3 is 5.32 Å². The molecule has 0 fully saturated rings. The van der Waals surface area contributed by atoms with Crippen molar-refractivity contribution in [3.05, 3.63) is 63.7 Å². The molecule has 1 amide bonds. The van der Waals surface area contributed by atoms with Crippen LogP contribution in [-0.2, 0) is 11.2 Å². The SMILES string of the molecule is Cc1cc(C)c(C(=O)c2ccc3c(c2)CC(=O)N3)c(C)c1. The number of amides is 1. The lowest BCUT2D eigenvalue weighted by molar-refractivity contribution is -0.115. The van der Waals surface area contributed by atoms with Gasteiger partial charge in [-0.05, 0) is 55.7 Å². The molecule has 21 heavy (non-hydrogen) atoms. The Balaban J connectivity index is 2.04. The maximum absolute atomic E-state index is 12.8. The first kappa shape index (κ1) is 13.6. The second kappa shape index (κ2) is 4.85. The number of benzene rings is 2. The van der Waals surface area contributed by atoms with Crippen LogP contribution in [0.15, 0.2) is 30.3 Å². The van der Waals surface area contributed by atoms with E-state index in [1.54, 1.807) is 6.07 Å². The summed E-state index contributed by atoms with van der Waals surface area (Å²) in [5.41, 5.74) is 6.25. The summed E-state index contributed by atoms with van der Waals surface area (Å²) in [5, 5.41) is 2.78. The average molecular weight is 279 g/mol. The molecule has 1 heterocycles. The minimum Gasteiger partial charge on any atom is -0.326 e. The van der Waals surface area contributed by atoms with E-state index in [1.807, 2.05) is 45.0 Å². The Morgan fingerprint density at radius 3 is 2.38 bits per heavy atom. The minimum atomic E-state index is -0.0164. The van der Waals surface area contributed by atoms with Gasteiger partial charge in [0.2, 0.25) is 5.91 Å². The van der Waals surface area contributed by atoms with E-state index in [9.17, 15) is 9.59 Å². The van der Waals surface area contributed by atoms with Gasteiger partial charge in [0.1, 0.15) is 0 Å². The number of fused-ring (bicyclic) bond motifs is 1. The molecule has 106 valence electrons. The van der Waals surface area contributed by atoms with Crippen LogP contribution in [0.5, 0.6) is 0 Å². The van der Waals surface area contributed by atoms with E-state index in [-0.39, 0.29) is 11.7 Å². The predicted octanol–water partition coefficient (Wildman–Crippen LogP) is 3.34. The average Bonchev–Trinajstić information content (AvgIpc) is 2.76. The molecule has 1 aliphatic rings. The summed E-state index contributed by atoms with van der Waals surface area (Å²) in [4.78, 5) is 24.2. The smallest absolute Gasteiger partial charge is 0.228 e. The molecule has 3 rings (SSSR count). The van der Waals surface area contributed by atoms with Crippen LogP contribution in [0.4, 0.5) is 5.69 Å². The lowest BCUT2D eigenvalue weighted by Gasteiger charge is -2.11. The molecule has 0 unspecified atom stereocenters. The Morgan fingerprint density at radius 2 is 1.71 bits per heavy atom. The molecule has 0 atom stereocenters. The van der Waals surface area contributed by atoms with Gasteiger partial charge in [0.15, 0.2) is 5.78 Å². The monoisotopic (exact) mass is 279 g/mol. The number of carbonyl (C=O) groups excluding carboxylic acids is 2. The number of hydrogen-bond donors (Lipinski definition) is 1. The fourth-order valence-corrected chi connectivity index (χ4v) is 3.05. The number of anilines is 1. The topological polar surface area (TPSA) is 46.2 Å². The van der Waals surface area contributed by atoms with Crippen molar-refractivity contribution in [2.45, 2.75) is 27.2 Å². The summed E-state index contributed by atoms with van der Waals surface area (Å²) < 4.78 is 0. The van der Waals surface area contributed by atoms with Crippen LogP contribution in [0.2, 0.25) is 0 Å².